The average Bonchev–Trinajstić information content (AvgIpc) is 2.73. The summed E-state index contributed by atoms with van der Waals surface area (Å²) >= 11 is 0. The lowest BCUT2D eigenvalue weighted by molar-refractivity contribution is -0.125. The Morgan fingerprint density at radius 1 is 1.27 bits per heavy atom. The van der Waals surface area contributed by atoms with Crippen molar-refractivity contribution in [2.24, 2.45) is 16.7 Å². The highest BCUT2D eigenvalue weighted by Crippen LogP contribution is 2.65. The largest absolute Gasteiger partial charge is 0.294 e. The van der Waals surface area contributed by atoms with Gasteiger partial charge >= 0.3 is 0 Å². The van der Waals surface area contributed by atoms with E-state index in [-0.39, 0.29) is 27.4 Å². The fraction of sp³-hybridized carbons (Fsp3) is 0.471. The first-order chi connectivity index (χ1) is 10.1. The summed E-state index contributed by atoms with van der Waals surface area (Å²) in [6.07, 6.45) is 3.68. The van der Waals surface area contributed by atoms with Crippen molar-refractivity contribution in [1.29, 1.82) is 0 Å². The zero-order chi connectivity index (χ0) is 16.3. The molecule has 4 nitrogen and oxygen atoms in total. The molecule has 2 atom stereocenters. The Morgan fingerprint density at radius 2 is 1.95 bits per heavy atom. The molecule has 2 bridgehead atoms. The van der Waals surface area contributed by atoms with Gasteiger partial charge in [-0.3, -0.25) is 9.35 Å². The van der Waals surface area contributed by atoms with E-state index in [1.165, 1.54) is 12.1 Å². The SMILES string of the molecule is CC12CCC(/C(=C\c3cccc(S(=O)(=O)O)c3)C1=O)C2(C)C. The number of carbonyl (C=O) groups is 1. The number of carbonyl (C=O) groups excluding carboxylic acids is 1. The molecule has 3 rings (SSSR count). The van der Waals surface area contributed by atoms with Gasteiger partial charge in [-0.05, 0) is 53.5 Å². The van der Waals surface area contributed by atoms with Crippen LogP contribution in [0.4, 0.5) is 0 Å². The molecule has 118 valence electrons. The van der Waals surface area contributed by atoms with E-state index in [1.54, 1.807) is 18.2 Å². The van der Waals surface area contributed by atoms with Gasteiger partial charge in [-0.1, -0.05) is 32.9 Å². The maximum absolute atomic E-state index is 12.8. The van der Waals surface area contributed by atoms with Crippen molar-refractivity contribution in [2.75, 3.05) is 0 Å². The summed E-state index contributed by atoms with van der Waals surface area (Å²) in [5.74, 6) is 0.380. The quantitative estimate of drug-likeness (QED) is 0.670. The lowest BCUT2D eigenvalue weighted by atomic mass is 9.70. The lowest BCUT2D eigenvalue weighted by Gasteiger charge is -2.31. The fourth-order valence-electron chi connectivity index (χ4n) is 4.04. The van der Waals surface area contributed by atoms with E-state index in [2.05, 4.69) is 13.8 Å². The number of Topliss-reactive ketones (excluding diaryl/α,β-unsaturated/α-hetero) is 1. The minimum atomic E-state index is -4.23. The van der Waals surface area contributed by atoms with Crippen molar-refractivity contribution >= 4 is 22.0 Å². The summed E-state index contributed by atoms with van der Waals surface area (Å²) in [5, 5.41) is 0. The summed E-state index contributed by atoms with van der Waals surface area (Å²) < 4.78 is 31.6. The van der Waals surface area contributed by atoms with Gasteiger partial charge in [0.15, 0.2) is 5.78 Å². The van der Waals surface area contributed by atoms with Crippen LogP contribution in [-0.2, 0) is 14.9 Å². The van der Waals surface area contributed by atoms with Crippen LogP contribution in [0.25, 0.3) is 6.08 Å². The third-order valence-electron chi connectivity index (χ3n) is 5.84. The van der Waals surface area contributed by atoms with Crippen LogP contribution >= 0.6 is 0 Å². The van der Waals surface area contributed by atoms with E-state index in [0.29, 0.717) is 5.56 Å². The van der Waals surface area contributed by atoms with Gasteiger partial charge in [-0.2, -0.15) is 8.42 Å². The molecule has 22 heavy (non-hydrogen) atoms. The second kappa shape index (κ2) is 4.52. The first kappa shape index (κ1) is 15.4. The summed E-state index contributed by atoms with van der Waals surface area (Å²) in [5.41, 5.74) is 1.01. The second-order valence-electron chi connectivity index (χ2n) is 7.12. The molecule has 2 fully saturated rings. The van der Waals surface area contributed by atoms with E-state index >= 15 is 0 Å². The lowest BCUT2D eigenvalue weighted by Crippen LogP contribution is -2.32. The molecule has 0 aliphatic heterocycles. The summed E-state index contributed by atoms with van der Waals surface area (Å²) in [6, 6.07) is 6.05. The number of ketones is 1. The van der Waals surface area contributed by atoms with Crippen molar-refractivity contribution < 1.29 is 17.8 Å². The molecule has 2 unspecified atom stereocenters. The Kier molecular flexibility index (Phi) is 3.17. The summed E-state index contributed by atoms with van der Waals surface area (Å²) in [7, 11) is -4.23. The van der Waals surface area contributed by atoms with Crippen molar-refractivity contribution in [2.45, 2.75) is 38.5 Å². The van der Waals surface area contributed by atoms with Crippen LogP contribution in [-0.4, -0.2) is 18.8 Å². The molecule has 1 N–H and O–H groups in total. The van der Waals surface area contributed by atoms with Gasteiger partial charge in [-0.25, -0.2) is 0 Å². The Morgan fingerprint density at radius 3 is 2.50 bits per heavy atom. The van der Waals surface area contributed by atoms with Crippen LogP contribution in [0.1, 0.15) is 39.2 Å². The van der Waals surface area contributed by atoms with E-state index in [9.17, 15) is 13.2 Å². The third kappa shape index (κ3) is 1.99. The number of rotatable bonds is 2. The van der Waals surface area contributed by atoms with Crippen LogP contribution < -0.4 is 0 Å². The van der Waals surface area contributed by atoms with E-state index in [0.717, 1.165) is 18.4 Å². The number of benzene rings is 1. The first-order valence-corrected chi connectivity index (χ1v) is 8.85. The minimum Gasteiger partial charge on any atom is -0.294 e. The standard InChI is InChI=1S/C17H20O4S/c1-16(2)14-7-8-17(16,3)15(18)13(14)10-11-5-4-6-12(9-11)22(19,20)21/h4-6,9-10,14H,7-8H2,1-3H3,(H,19,20,21)/b13-10+. The number of fused-ring (bicyclic) bond motifs is 2. The maximum atomic E-state index is 12.8. The Labute approximate surface area is 131 Å². The van der Waals surface area contributed by atoms with Gasteiger partial charge in [0.05, 0.1) is 4.90 Å². The van der Waals surface area contributed by atoms with E-state index < -0.39 is 10.1 Å². The molecular formula is C17H20O4S. The van der Waals surface area contributed by atoms with Crippen LogP contribution in [0.15, 0.2) is 34.7 Å². The molecule has 0 aromatic heterocycles. The number of hydrogen-bond acceptors (Lipinski definition) is 3. The molecule has 0 spiro atoms. The molecule has 5 heteroatoms. The average molecular weight is 320 g/mol. The van der Waals surface area contributed by atoms with Gasteiger partial charge in [0.1, 0.15) is 0 Å². The van der Waals surface area contributed by atoms with Crippen LogP contribution in [0.5, 0.6) is 0 Å². The predicted octanol–water partition coefficient (Wildman–Crippen LogP) is 3.34. The van der Waals surface area contributed by atoms with Crippen molar-refractivity contribution in [1.82, 2.24) is 0 Å². The van der Waals surface area contributed by atoms with Crippen LogP contribution in [0, 0.1) is 16.7 Å². The second-order valence-corrected chi connectivity index (χ2v) is 8.54. The molecule has 1 aromatic carbocycles. The smallest absolute Gasteiger partial charge is 0.294 e. The maximum Gasteiger partial charge on any atom is 0.294 e. The molecule has 0 radical (unpaired) electrons. The first-order valence-electron chi connectivity index (χ1n) is 7.41. The summed E-state index contributed by atoms with van der Waals surface area (Å²) in [6.45, 7) is 6.31. The molecule has 1 aromatic rings. The van der Waals surface area contributed by atoms with Gasteiger partial charge < -0.3 is 0 Å². The highest BCUT2D eigenvalue weighted by Gasteiger charge is 2.63. The topological polar surface area (TPSA) is 71.4 Å². The molecule has 2 saturated carbocycles. The molecule has 2 aliphatic carbocycles. The molecular weight excluding hydrogens is 300 g/mol. The minimum absolute atomic E-state index is 0.0728. The monoisotopic (exact) mass is 320 g/mol. The molecule has 0 amide bonds. The molecule has 0 saturated heterocycles. The van der Waals surface area contributed by atoms with Gasteiger partial charge in [0.25, 0.3) is 10.1 Å². The highest BCUT2D eigenvalue weighted by molar-refractivity contribution is 7.85. The van der Waals surface area contributed by atoms with Crippen molar-refractivity contribution in [3.63, 3.8) is 0 Å². The zero-order valence-corrected chi connectivity index (χ0v) is 13.8. The van der Waals surface area contributed by atoms with Crippen LogP contribution in [0.2, 0.25) is 0 Å². The van der Waals surface area contributed by atoms with Crippen molar-refractivity contribution in [3.8, 4) is 0 Å². The van der Waals surface area contributed by atoms with Crippen LogP contribution in [0.3, 0.4) is 0 Å². The Bertz CT molecular complexity index is 789. The molecule has 0 heterocycles. The van der Waals surface area contributed by atoms with Crippen molar-refractivity contribution in [3.05, 3.63) is 35.4 Å². The van der Waals surface area contributed by atoms with Gasteiger partial charge in [-0.15, -0.1) is 0 Å². The van der Waals surface area contributed by atoms with E-state index in [1.807, 2.05) is 6.92 Å². The zero-order valence-electron chi connectivity index (χ0n) is 13.0. The van der Waals surface area contributed by atoms with Gasteiger partial charge in [0, 0.05) is 5.41 Å². The Balaban J connectivity index is 2.07. The molecule has 2 aliphatic rings. The normalized spacial score (nSPS) is 31.9. The predicted molar refractivity (Wildman–Crippen MR) is 83.9 cm³/mol. The fourth-order valence-corrected chi connectivity index (χ4v) is 4.57. The highest BCUT2D eigenvalue weighted by atomic mass is 32.2. The third-order valence-corrected chi connectivity index (χ3v) is 6.69. The number of hydrogen-bond donors (Lipinski definition) is 1. The Hall–Kier alpha value is -1.46. The summed E-state index contributed by atoms with van der Waals surface area (Å²) in [4.78, 5) is 12.6. The van der Waals surface area contributed by atoms with Gasteiger partial charge in [0.2, 0.25) is 0 Å². The number of allylic oxidation sites excluding steroid dienone is 1. The van der Waals surface area contributed by atoms with E-state index in [4.69, 9.17) is 4.55 Å².